The van der Waals surface area contributed by atoms with E-state index in [-0.39, 0.29) is 23.6 Å². The van der Waals surface area contributed by atoms with E-state index < -0.39 is 17.6 Å². The highest BCUT2D eigenvalue weighted by Gasteiger charge is 2.21. The number of oxime groups is 2. The summed E-state index contributed by atoms with van der Waals surface area (Å²) in [5.74, 6) is -2.61. The van der Waals surface area contributed by atoms with Gasteiger partial charge in [-0.3, -0.25) is 0 Å². The van der Waals surface area contributed by atoms with Gasteiger partial charge in [-0.05, 0) is 44.0 Å². The molecule has 6 nitrogen and oxygen atoms in total. The topological polar surface area (TPSA) is 69.5 Å². The first-order valence-electron chi connectivity index (χ1n) is 8.71. The first-order chi connectivity index (χ1) is 13.8. The Morgan fingerprint density at radius 1 is 1.07 bits per heavy atom. The van der Waals surface area contributed by atoms with Crippen molar-refractivity contribution in [2.45, 2.75) is 27.4 Å². The van der Waals surface area contributed by atoms with Crippen LogP contribution in [0.15, 0.2) is 40.6 Å². The summed E-state index contributed by atoms with van der Waals surface area (Å²) in [6, 6.07) is 7.85. The zero-order chi connectivity index (χ0) is 21.6. The van der Waals surface area contributed by atoms with E-state index in [9.17, 15) is 13.6 Å². The molecular formula is C21H22F2N2O4. The number of aryl methyl sites for hydroxylation is 2. The lowest BCUT2D eigenvalue weighted by molar-refractivity contribution is -0.132. The zero-order valence-corrected chi connectivity index (χ0v) is 16.9. The first-order valence-corrected chi connectivity index (χ1v) is 8.71. The molecule has 0 aliphatic heterocycles. The van der Waals surface area contributed by atoms with Gasteiger partial charge < -0.3 is 14.4 Å². The largest absolute Gasteiger partial charge is 0.464 e. The molecule has 0 heterocycles. The molecule has 2 aromatic carbocycles. The van der Waals surface area contributed by atoms with Crippen LogP contribution >= 0.6 is 0 Å². The van der Waals surface area contributed by atoms with Gasteiger partial charge in [0.2, 0.25) is 0 Å². The van der Waals surface area contributed by atoms with Crippen molar-refractivity contribution in [2.24, 2.45) is 10.3 Å². The van der Waals surface area contributed by atoms with Crippen LogP contribution in [0.4, 0.5) is 8.78 Å². The number of ether oxygens (including phenoxy) is 1. The molecule has 0 bridgehead atoms. The lowest BCUT2D eigenvalue weighted by atomic mass is 9.99. The summed E-state index contributed by atoms with van der Waals surface area (Å²) in [6.07, 6.45) is 0. The smallest absolute Gasteiger partial charge is 0.360 e. The number of hydrogen-bond donors (Lipinski definition) is 0. The van der Waals surface area contributed by atoms with Crippen LogP contribution in [0.3, 0.4) is 0 Å². The Balaban J connectivity index is 2.33. The average Bonchev–Trinajstić information content (AvgIpc) is 2.69. The maximum atomic E-state index is 14.0. The number of carbonyl (C=O) groups is 1. The third-order valence-corrected chi connectivity index (χ3v) is 4.20. The average molecular weight is 404 g/mol. The standard InChI is InChI=1S/C21H22F2N2O4/c1-12-9-16(19(23)18(22)10-12)14(3)24-29-11-17-13(2)7-6-8-15(17)20(25-28-5)21(26)27-4/h6-10H,11H2,1-5H3/b24-14+,25-20+. The minimum Gasteiger partial charge on any atom is -0.464 e. The Hall–Kier alpha value is -3.29. The molecule has 29 heavy (non-hydrogen) atoms. The number of esters is 1. The molecule has 0 N–H and O–H groups in total. The van der Waals surface area contributed by atoms with E-state index in [1.807, 2.05) is 13.0 Å². The molecule has 0 unspecified atom stereocenters. The van der Waals surface area contributed by atoms with Crippen LogP contribution in [-0.2, 0) is 25.8 Å². The van der Waals surface area contributed by atoms with E-state index in [1.165, 1.54) is 27.2 Å². The molecule has 0 aliphatic rings. The predicted octanol–water partition coefficient (Wildman–Crippen LogP) is 4.05. The SMILES string of the molecule is CO/N=C(/C(=O)OC)c1cccc(C)c1CO/N=C(\C)c1cc(C)cc(F)c1F. The third kappa shape index (κ3) is 5.16. The second-order valence-corrected chi connectivity index (χ2v) is 6.27. The highest BCUT2D eigenvalue weighted by atomic mass is 19.2. The number of hydrogen-bond acceptors (Lipinski definition) is 6. The van der Waals surface area contributed by atoms with E-state index in [4.69, 9.17) is 14.4 Å². The van der Waals surface area contributed by atoms with Gasteiger partial charge in [-0.25, -0.2) is 13.6 Å². The van der Waals surface area contributed by atoms with Gasteiger partial charge in [0.05, 0.1) is 12.8 Å². The van der Waals surface area contributed by atoms with E-state index in [2.05, 4.69) is 10.3 Å². The van der Waals surface area contributed by atoms with Gasteiger partial charge in [-0.2, -0.15) is 0 Å². The number of nitrogens with zero attached hydrogens (tertiary/aromatic N) is 2. The number of methoxy groups -OCH3 is 1. The summed E-state index contributed by atoms with van der Waals surface area (Å²) in [5, 5.41) is 7.66. The van der Waals surface area contributed by atoms with Crippen molar-refractivity contribution in [1.82, 2.24) is 0 Å². The molecule has 0 atom stereocenters. The highest BCUT2D eigenvalue weighted by Crippen LogP contribution is 2.19. The van der Waals surface area contributed by atoms with Crippen molar-refractivity contribution in [3.63, 3.8) is 0 Å². The van der Waals surface area contributed by atoms with Gasteiger partial charge in [0.1, 0.15) is 13.7 Å². The molecule has 0 amide bonds. The van der Waals surface area contributed by atoms with Crippen LogP contribution in [0.1, 0.15) is 34.7 Å². The van der Waals surface area contributed by atoms with Crippen LogP contribution in [0.5, 0.6) is 0 Å². The molecule has 2 rings (SSSR count). The number of halogens is 2. The molecule has 0 aliphatic carbocycles. The molecule has 0 radical (unpaired) electrons. The van der Waals surface area contributed by atoms with Gasteiger partial charge in [0, 0.05) is 16.7 Å². The highest BCUT2D eigenvalue weighted by molar-refractivity contribution is 6.43. The van der Waals surface area contributed by atoms with Crippen LogP contribution < -0.4 is 0 Å². The van der Waals surface area contributed by atoms with E-state index in [1.54, 1.807) is 19.1 Å². The monoisotopic (exact) mass is 404 g/mol. The Morgan fingerprint density at radius 3 is 2.45 bits per heavy atom. The lowest BCUT2D eigenvalue weighted by Crippen LogP contribution is -2.20. The maximum Gasteiger partial charge on any atom is 0.360 e. The van der Waals surface area contributed by atoms with Gasteiger partial charge >= 0.3 is 5.97 Å². The molecule has 0 saturated heterocycles. The van der Waals surface area contributed by atoms with E-state index in [0.717, 1.165) is 11.6 Å². The normalized spacial score (nSPS) is 12.0. The summed E-state index contributed by atoms with van der Waals surface area (Å²) in [7, 11) is 2.56. The minimum atomic E-state index is -0.989. The second kappa shape index (κ2) is 9.77. The fourth-order valence-corrected chi connectivity index (χ4v) is 2.73. The molecule has 0 aromatic heterocycles. The Labute approximate surface area is 167 Å². The Kier molecular flexibility index (Phi) is 7.41. The fourth-order valence-electron chi connectivity index (χ4n) is 2.73. The summed E-state index contributed by atoms with van der Waals surface area (Å²) in [5.41, 5.74) is 2.64. The minimum absolute atomic E-state index is 0.0173. The summed E-state index contributed by atoms with van der Waals surface area (Å²) in [4.78, 5) is 22.2. The second-order valence-electron chi connectivity index (χ2n) is 6.27. The Bertz CT molecular complexity index is 971. The zero-order valence-electron chi connectivity index (χ0n) is 16.9. The summed E-state index contributed by atoms with van der Waals surface area (Å²) in [6.45, 7) is 4.97. The summed E-state index contributed by atoms with van der Waals surface area (Å²) >= 11 is 0. The molecule has 8 heteroatoms. The van der Waals surface area contributed by atoms with Crippen molar-refractivity contribution in [2.75, 3.05) is 14.2 Å². The number of rotatable bonds is 7. The van der Waals surface area contributed by atoms with Crippen molar-refractivity contribution in [1.29, 1.82) is 0 Å². The van der Waals surface area contributed by atoms with Crippen LogP contribution in [-0.4, -0.2) is 31.6 Å². The molecule has 0 saturated carbocycles. The molecule has 0 fully saturated rings. The number of benzene rings is 2. The van der Waals surface area contributed by atoms with Crippen molar-refractivity contribution < 1.29 is 28.0 Å². The van der Waals surface area contributed by atoms with Crippen LogP contribution in [0.2, 0.25) is 0 Å². The quantitative estimate of drug-likeness (QED) is 0.397. The summed E-state index contributed by atoms with van der Waals surface area (Å²) < 4.78 is 32.4. The first kappa shape index (κ1) is 22.0. The van der Waals surface area contributed by atoms with Crippen LogP contribution in [0.25, 0.3) is 0 Å². The van der Waals surface area contributed by atoms with Gasteiger partial charge in [0.25, 0.3) is 0 Å². The maximum absolute atomic E-state index is 14.0. The van der Waals surface area contributed by atoms with Crippen LogP contribution in [0, 0.1) is 25.5 Å². The third-order valence-electron chi connectivity index (χ3n) is 4.20. The van der Waals surface area contributed by atoms with Crippen molar-refractivity contribution >= 4 is 17.4 Å². The number of carbonyl (C=O) groups excluding carboxylic acids is 1. The van der Waals surface area contributed by atoms with Crippen molar-refractivity contribution in [3.8, 4) is 0 Å². The predicted molar refractivity (Wildman–Crippen MR) is 105 cm³/mol. The lowest BCUT2D eigenvalue weighted by Gasteiger charge is -2.12. The fraction of sp³-hybridized carbons (Fsp3) is 0.286. The van der Waals surface area contributed by atoms with E-state index in [0.29, 0.717) is 16.7 Å². The Morgan fingerprint density at radius 2 is 1.79 bits per heavy atom. The van der Waals surface area contributed by atoms with Gasteiger partial charge in [-0.15, -0.1) is 0 Å². The molecular weight excluding hydrogens is 382 g/mol. The van der Waals surface area contributed by atoms with Gasteiger partial charge in [0.15, 0.2) is 17.3 Å². The molecule has 0 spiro atoms. The molecule has 2 aromatic rings. The van der Waals surface area contributed by atoms with E-state index >= 15 is 0 Å². The molecule has 154 valence electrons. The van der Waals surface area contributed by atoms with Crippen molar-refractivity contribution in [3.05, 3.63) is 69.8 Å². The van der Waals surface area contributed by atoms with Gasteiger partial charge in [-0.1, -0.05) is 28.5 Å².